The second-order valence-electron chi connectivity index (χ2n) is 4.91. The first-order chi connectivity index (χ1) is 9.32. The lowest BCUT2D eigenvalue weighted by molar-refractivity contribution is -0.141. The normalized spacial score (nSPS) is 15.2. The van der Waals surface area contributed by atoms with E-state index in [0.29, 0.717) is 19.0 Å². The highest BCUT2D eigenvalue weighted by Gasteiger charge is 2.34. The van der Waals surface area contributed by atoms with Gasteiger partial charge in [0.05, 0.1) is 5.56 Å². The largest absolute Gasteiger partial charge is 0.433 e. The Morgan fingerprint density at radius 3 is 2.55 bits per heavy atom. The van der Waals surface area contributed by atoms with Gasteiger partial charge in [-0.1, -0.05) is 0 Å². The van der Waals surface area contributed by atoms with Crippen LogP contribution in [0.2, 0.25) is 0 Å². The zero-order valence-corrected chi connectivity index (χ0v) is 11.1. The maximum atomic E-state index is 12.7. The summed E-state index contributed by atoms with van der Waals surface area (Å²) in [4.78, 5) is 16.7. The quantitative estimate of drug-likeness (QED) is 0.905. The van der Waals surface area contributed by atoms with Crippen LogP contribution in [0.4, 0.5) is 19.0 Å². The Kier molecular flexibility index (Phi) is 3.87. The maximum Gasteiger partial charge on any atom is 0.433 e. The van der Waals surface area contributed by atoms with E-state index in [2.05, 4.69) is 4.98 Å². The number of rotatable bonds is 5. The van der Waals surface area contributed by atoms with Gasteiger partial charge in [0.1, 0.15) is 11.5 Å². The molecule has 2 rings (SSSR count). The molecular formula is C13H16F3N3O. The average Bonchev–Trinajstić information content (AvgIpc) is 3.18. The van der Waals surface area contributed by atoms with E-state index in [1.165, 1.54) is 0 Å². The molecule has 1 aromatic heterocycles. The van der Waals surface area contributed by atoms with Crippen molar-refractivity contribution in [3.63, 3.8) is 0 Å². The molecule has 0 atom stereocenters. The SMILES string of the molecule is CCN(CC1CC1)c1nc(C(F)(F)F)ccc1C(N)=O. The lowest BCUT2D eigenvalue weighted by Crippen LogP contribution is -2.30. The third kappa shape index (κ3) is 3.20. The van der Waals surface area contributed by atoms with Gasteiger partial charge in [0.25, 0.3) is 5.91 Å². The molecule has 0 radical (unpaired) electrons. The molecule has 7 heteroatoms. The number of alkyl halides is 3. The minimum atomic E-state index is -4.54. The van der Waals surface area contributed by atoms with E-state index in [0.717, 1.165) is 25.0 Å². The van der Waals surface area contributed by atoms with Gasteiger partial charge in [0.15, 0.2) is 0 Å². The number of nitrogens with two attached hydrogens (primary N) is 1. The van der Waals surface area contributed by atoms with Crippen molar-refractivity contribution in [1.29, 1.82) is 0 Å². The molecule has 1 aliphatic rings. The topological polar surface area (TPSA) is 59.2 Å². The zero-order valence-electron chi connectivity index (χ0n) is 11.1. The van der Waals surface area contributed by atoms with Crippen molar-refractivity contribution in [2.45, 2.75) is 25.9 Å². The number of nitrogens with zero attached hydrogens (tertiary/aromatic N) is 2. The van der Waals surface area contributed by atoms with Crippen LogP contribution >= 0.6 is 0 Å². The number of hydrogen-bond acceptors (Lipinski definition) is 3. The summed E-state index contributed by atoms with van der Waals surface area (Å²) < 4.78 is 38.2. The first-order valence-electron chi connectivity index (χ1n) is 6.46. The monoisotopic (exact) mass is 287 g/mol. The molecule has 1 amide bonds. The van der Waals surface area contributed by atoms with Crippen LogP contribution < -0.4 is 10.6 Å². The Labute approximate surface area is 114 Å². The van der Waals surface area contributed by atoms with Gasteiger partial charge in [0.2, 0.25) is 0 Å². The maximum absolute atomic E-state index is 12.7. The number of carbonyl (C=O) groups excluding carboxylic acids is 1. The second kappa shape index (κ2) is 5.30. The minimum absolute atomic E-state index is 0.0282. The van der Waals surface area contributed by atoms with E-state index in [-0.39, 0.29) is 11.4 Å². The molecule has 0 spiro atoms. The second-order valence-corrected chi connectivity index (χ2v) is 4.91. The molecule has 4 nitrogen and oxygen atoms in total. The van der Waals surface area contributed by atoms with Gasteiger partial charge >= 0.3 is 6.18 Å². The van der Waals surface area contributed by atoms with Crippen molar-refractivity contribution < 1.29 is 18.0 Å². The van der Waals surface area contributed by atoms with E-state index in [4.69, 9.17) is 5.73 Å². The van der Waals surface area contributed by atoms with E-state index in [1.54, 1.807) is 4.90 Å². The summed E-state index contributed by atoms with van der Waals surface area (Å²) in [7, 11) is 0. The number of aromatic nitrogens is 1. The van der Waals surface area contributed by atoms with Gasteiger partial charge in [0, 0.05) is 13.1 Å². The summed E-state index contributed by atoms with van der Waals surface area (Å²) >= 11 is 0. The minimum Gasteiger partial charge on any atom is -0.365 e. The van der Waals surface area contributed by atoms with Gasteiger partial charge in [-0.25, -0.2) is 4.98 Å². The summed E-state index contributed by atoms with van der Waals surface area (Å²) in [5.74, 6) is -0.274. The highest BCUT2D eigenvalue weighted by atomic mass is 19.4. The number of hydrogen-bond donors (Lipinski definition) is 1. The molecule has 2 N–H and O–H groups in total. The van der Waals surface area contributed by atoms with Crippen LogP contribution in [0.25, 0.3) is 0 Å². The number of halogens is 3. The molecular weight excluding hydrogens is 271 g/mol. The van der Waals surface area contributed by atoms with Crippen LogP contribution in [0.3, 0.4) is 0 Å². The number of pyridine rings is 1. The highest BCUT2D eigenvalue weighted by Crippen LogP contribution is 2.34. The van der Waals surface area contributed by atoms with Crippen LogP contribution in [-0.2, 0) is 6.18 Å². The molecule has 0 unspecified atom stereocenters. The third-order valence-electron chi connectivity index (χ3n) is 3.29. The first-order valence-corrected chi connectivity index (χ1v) is 6.46. The van der Waals surface area contributed by atoms with Crippen LogP contribution in [-0.4, -0.2) is 24.0 Å². The van der Waals surface area contributed by atoms with Crippen molar-refractivity contribution in [3.05, 3.63) is 23.4 Å². The van der Waals surface area contributed by atoms with Gasteiger partial charge in [-0.3, -0.25) is 4.79 Å². The Bertz CT molecular complexity index is 512. The van der Waals surface area contributed by atoms with Crippen LogP contribution in [0, 0.1) is 5.92 Å². The molecule has 1 aliphatic carbocycles. The van der Waals surface area contributed by atoms with Crippen LogP contribution in [0.1, 0.15) is 35.8 Å². The van der Waals surface area contributed by atoms with Gasteiger partial charge in [-0.2, -0.15) is 13.2 Å². The van der Waals surface area contributed by atoms with Crippen molar-refractivity contribution in [1.82, 2.24) is 4.98 Å². The molecule has 0 aromatic carbocycles. The fraction of sp³-hybridized carbons (Fsp3) is 0.538. The number of carbonyl (C=O) groups is 1. The van der Waals surface area contributed by atoms with E-state index >= 15 is 0 Å². The Balaban J connectivity index is 2.41. The predicted molar refractivity (Wildman–Crippen MR) is 68.4 cm³/mol. The van der Waals surface area contributed by atoms with E-state index < -0.39 is 17.8 Å². The zero-order chi connectivity index (χ0) is 14.9. The molecule has 0 bridgehead atoms. The van der Waals surface area contributed by atoms with Crippen molar-refractivity contribution in [2.24, 2.45) is 11.7 Å². The number of amides is 1. The van der Waals surface area contributed by atoms with Crippen LogP contribution in [0.5, 0.6) is 0 Å². The molecule has 0 aliphatic heterocycles. The molecule has 1 aromatic rings. The number of anilines is 1. The fourth-order valence-electron chi connectivity index (χ4n) is 2.02. The molecule has 20 heavy (non-hydrogen) atoms. The predicted octanol–water partition coefficient (Wildman–Crippen LogP) is 2.44. The molecule has 0 saturated heterocycles. The van der Waals surface area contributed by atoms with E-state index in [9.17, 15) is 18.0 Å². The lowest BCUT2D eigenvalue weighted by atomic mass is 10.2. The molecule has 1 fully saturated rings. The smallest absolute Gasteiger partial charge is 0.365 e. The standard InChI is InChI=1S/C13H16F3N3O/c1-2-19(7-8-3-4-8)12-9(11(17)20)5-6-10(18-12)13(14,15)16/h5-6,8H,2-4,7H2,1H3,(H2,17,20). The lowest BCUT2D eigenvalue weighted by Gasteiger charge is -2.24. The van der Waals surface area contributed by atoms with Crippen molar-refractivity contribution >= 4 is 11.7 Å². The van der Waals surface area contributed by atoms with E-state index in [1.807, 2.05) is 6.92 Å². The third-order valence-corrected chi connectivity index (χ3v) is 3.29. The summed E-state index contributed by atoms with van der Waals surface area (Å²) in [6.07, 6.45) is -2.42. The van der Waals surface area contributed by atoms with Crippen molar-refractivity contribution in [2.75, 3.05) is 18.0 Å². The van der Waals surface area contributed by atoms with Crippen molar-refractivity contribution in [3.8, 4) is 0 Å². The van der Waals surface area contributed by atoms with Gasteiger partial charge < -0.3 is 10.6 Å². The fourth-order valence-corrected chi connectivity index (χ4v) is 2.02. The summed E-state index contributed by atoms with van der Waals surface area (Å²) in [6, 6.07) is 1.89. The molecule has 1 saturated carbocycles. The van der Waals surface area contributed by atoms with Crippen LogP contribution in [0.15, 0.2) is 12.1 Å². The summed E-state index contributed by atoms with van der Waals surface area (Å²) in [6.45, 7) is 2.89. The Morgan fingerprint density at radius 1 is 1.45 bits per heavy atom. The highest BCUT2D eigenvalue weighted by molar-refractivity contribution is 5.97. The number of primary amides is 1. The van der Waals surface area contributed by atoms with Gasteiger partial charge in [-0.05, 0) is 37.8 Å². The average molecular weight is 287 g/mol. The van der Waals surface area contributed by atoms with Gasteiger partial charge in [-0.15, -0.1) is 0 Å². The first kappa shape index (κ1) is 14.6. The Morgan fingerprint density at radius 2 is 2.10 bits per heavy atom. The summed E-state index contributed by atoms with van der Waals surface area (Å²) in [5.41, 5.74) is 4.25. The Hall–Kier alpha value is -1.79. The summed E-state index contributed by atoms with van der Waals surface area (Å²) in [5, 5.41) is 0. The molecule has 110 valence electrons. The molecule has 1 heterocycles.